The molecule has 1 N–H and O–H groups in total. The summed E-state index contributed by atoms with van der Waals surface area (Å²) in [4.78, 5) is 12.1. The van der Waals surface area contributed by atoms with Crippen LogP contribution in [0.2, 0.25) is 0 Å². The number of hydrogen-bond donors (Lipinski definition) is 1. The molecule has 30 heavy (non-hydrogen) atoms. The molecule has 5 nitrogen and oxygen atoms in total. The number of carbonyl (C=O) groups is 1. The number of halogens is 3. The molecule has 0 saturated carbocycles. The molecule has 3 rings (SSSR count). The number of rotatable bonds is 7. The van der Waals surface area contributed by atoms with Crippen molar-refractivity contribution in [1.82, 2.24) is 9.62 Å². The van der Waals surface area contributed by atoms with E-state index in [0.29, 0.717) is 19.4 Å². The Kier molecular flexibility index (Phi) is 7.14. The SMILES string of the molecule is O=C(CCC1CCCN(S(=O)(=O)c2ccc(F)cc2)C1)NCc1cc(F)ccc1F. The molecule has 0 spiro atoms. The van der Waals surface area contributed by atoms with Crippen molar-refractivity contribution < 1.29 is 26.4 Å². The van der Waals surface area contributed by atoms with Crippen LogP contribution in [-0.2, 0) is 21.4 Å². The van der Waals surface area contributed by atoms with Crippen molar-refractivity contribution in [1.29, 1.82) is 0 Å². The predicted molar refractivity (Wildman–Crippen MR) is 105 cm³/mol. The van der Waals surface area contributed by atoms with Gasteiger partial charge in [-0.1, -0.05) is 0 Å². The van der Waals surface area contributed by atoms with E-state index in [1.165, 1.54) is 16.4 Å². The minimum atomic E-state index is -3.72. The van der Waals surface area contributed by atoms with Crippen LogP contribution in [-0.4, -0.2) is 31.7 Å². The number of piperidine rings is 1. The predicted octanol–water partition coefficient (Wildman–Crippen LogP) is 3.60. The molecule has 1 amide bonds. The third-order valence-corrected chi connectivity index (χ3v) is 7.08. The molecule has 2 aromatic carbocycles. The maximum absolute atomic E-state index is 13.6. The van der Waals surface area contributed by atoms with Gasteiger partial charge in [-0.25, -0.2) is 21.6 Å². The van der Waals surface area contributed by atoms with Gasteiger partial charge in [0.05, 0.1) is 4.90 Å². The van der Waals surface area contributed by atoms with E-state index in [0.717, 1.165) is 36.8 Å². The molecular formula is C21H23F3N2O3S. The summed E-state index contributed by atoms with van der Waals surface area (Å²) in [5, 5.41) is 2.57. The highest BCUT2D eigenvalue weighted by atomic mass is 32.2. The molecule has 9 heteroatoms. The van der Waals surface area contributed by atoms with Crippen molar-refractivity contribution in [2.75, 3.05) is 13.1 Å². The van der Waals surface area contributed by atoms with Crippen LogP contribution in [0.25, 0.3) is 0 Å². The highest BCUT2D eigenvalue weighted by molar-refractivity contribution is 7.89. The number of carbonyl (C=O) groups excluding carboxylic acids is 1. The molecule has 0 radical (unpaired) electrons. The standard InChI is InChI=1S/C21H23F3N2O3S/c22-17-4-7-19(8-5-17)30(28,29)26-11-1-2-15(14-26)3-10-21(27)25-13-16-12-18(23)6-9-20(16)24/h4-9,12,15H,1-3,10-11,13-14H2,(H,25,27). The molecule has 1 aliphatic rings. The van der Waals surface area contributed by atoms with Crippen LogP contribution in [0.4, 0.5) is 13.2 Å². The second-order valence-corrected chi connectivity index (χ2v) is 9.31. The van der Waals surface area contributed by atoms with Crippen molar-refractivity contribution in [3.8, 4) is 0 Å². The Bertz CT molecular complexity index is 997. The second-order valence-electron chi connectivity index (χ2n) is 7.38. The van der Waals surface area contributed by atoms with Gasteiger partial charge in [0, 0.05) is 31.6 Å². The van der Waals surface area contributed by atoms with Crippen molar-refractivity contribution in [2.24, 2.45) is 5.92 Å². The van der Waals surface area contributed by atoms with Gasteiger partial charge in [-0.05, 0) is 67.6 Å². The molecule has 2 aromatic rings. The maximum atomic E-state index is 13.6. The van der Waals surface area contributed by atoms with Crippen LogP contribution >= 0.6 is 0 Å². The summed E-state index contributed by atoms with van der Waals surface area (Å²) in [5.41, 5.74) is 0.0672. The number of amides is 1. The van der Waals surface area contributed by atoms with Crippen molar-refractivity contribution in [3.05, 3.63) is 65.5 Å². The number of nitrogens with zero attached hydrogens (tertiary/aromatic N) is 1. The van der Waals surface area contributed by atoms with Crippen LogP contribution in [0.5, 0.6) is 0 Å². The van der Waals surface area contributed by atoms with Gasteiger partial charge in [-0.15, -0.1) is 0 Å². The second kappa shape index (κ2) is 9.61. The summed E-state index contributed by atoms with van der Waals surface area (Å²) in [5.74, 6) is -1.98. The normalized spacial score (nSPS) is 17.6. The summed E-state index contributed by atoms with van der Waals surface area (Å²) in [6.45, 7) is 0.547. The van der Waals surface area contributed by atoms with E-state index in [1.54, 1.807) is 0 Å². The molecular weight excluding hydrogens is 417 g/mol. The van der Waals surface area contributed by atoms with Gasteiger partial charge in [-0.3, -0.25) is 4.79 Å². The quantitative estimate of drug-likeness (QED) is 0.716. The van der Waals surface area contributed by atoms with E-state index in [9.17, 15) is 26.4 Å². The first-order chi connectivity index (χ1) is 14.3. The molecule has 1 aliphatic heterocycles. The molecule has 1 atom stereocenters. The van der Waals surface area contributed by atoms with E-state index >= 15 is 0 Å². The number of benzene rings is 2. The van der Waals surface area contributed by atoms with E-state index < -0.39 is 27.5 Å². The van der Waals surface area contributed by atoms with Gasteiger partial charge in [-0.2, -0.15) is 4.31 Å². The zero-order valence-electron chi connectivity index (χ0n) is 16.3. The smallest absolute Gasteiger partial charge is 0.243 e. The van der Waals surface area contributed by atoms with E-state index in [2.05, 4.69) is 5.32 Å². The Morgan fingerprint density at radius 1 is 1.07 bits per heavy atom. The monoisotopic (exact) mass is 440 g/mol. The highest BCUT2D eigenvalue weighted by Gasteiger charge is 2.30. The van der Waals surface area contributed by atoms with Crippen LogP contribution in [0.1, 0.15) is 31.2 Å². The third-order valence-electron chi connectivity index (χ3n) is 5.20. The Hall–Kier alpha value is -2.39. The topological polar surface area (TPSA) is 66.5 Å². The Morgan fingerprint density at radius 3 is 2.50 bits per heavy atom. The first-order valence-electron chi connectivity index (χ1n) is 9.72. The first kappa shape index (κ1) is 22.3. The summed E-state index contributed by atoms with van der Waals surface area (Å²) in [7, 11) is -3.72. The minimum absolute atomic E-state index is 0.00521. The lowest BCUT2D eigenvalue weighted by Crippen LogP contribution is -2.40. The number of sulfonamides is 1. The molecule has 1 saturated heterocycles. The summed E-state index contributed by atoms with van der Waals surface area (Å²) < 4.78 is 66.8. The van der Waals surface area contributed by atoms with Crippen LogP contribution in [0.3, 0.4) is 0 Å². The fraction of sp³-hybridized carbons (Fsp3) is 0.381. The lowest BCUT2D eigenvalue weighted by Gasteiger charge is -2.32. The van der Waals surface area contributed by atoms with Crippen molar-refractivity contribution in [3.63, 3.8) is 0 Å². The van der Waals surface area contributed by atoms with Gasteiger partial charge < -0.3 is 5.32 Å². The zero-order chi connectivity index (χ0) is 21.7. The first-order valence-corrected chi connectivity index (χ1v) is 11.2. The third kappa shape index (κ3) is 5.60. The number of nitrogens with one attached hydrogen (secondary N) is 1. The zero-order valence-corrected chi connectivity index (χ0v) is 17.1. The molecule has 1 heterocycles. The Morgan fingerprint density at radius 2 is 1.77 bits per heavy atom. The fourth-order valence-electron chi connectivity index (χ4n) is 3.53. The fourth-order valence-corrected chi connectivity index (χ4v) is 5.09. The molecule has 0 aliphatic carbocycles. The average Bonchev–Trinajstić information content (AvgIpc) is 2.73. The van der Waals surface area contributed by atoms with Gasteiger partial charge in [0.25, 0.3) is 0 Å². The largest absolute Gasteiger partial charge is 0.352 e. The maximum Gasteiger partial charge on any atom is 0.243 e. The molecule has 1 fully saturated rings. The Balaban J connectivity index is 1.51. The van der Waals surface area contributed by atoms with E-state index in [-0.39, 0.29) is 41.8 Å². The lowest BCUT2D eigenvalue weighted by atomic mass is 9.94. The van der Waals surface area contributed by atoms with Crippen molar-refractivity contribution >= 4 is 15.9 Å². The lowest BCUT2D eigenvalue weighted by molar-refractivity contribution is -0.121. The Labute approximate surface area is 173 Å². The molecule has 162 valence electrons. The van der Waals surface area contributed by atoms with Crippen LogP contribution < -0.4 is 5.32 Å². The van der Waals surface area contributed by atoms with Gasteiger partial charge in [0.1, 0.15) is 17.5 Å². The van der Waals surface area contributed by atoms with Gasteiger partial charge >= 0.3 is 0 Å². The minimum Gasteiger partial charge on any atom is -0.352 e. The van der Waals surface area contributed by atoms with Gasteiger partial charge in [0.15, 0.2) is 0 Å². The van der Waals surface area contributed by atoms with Crippen LogP contribution in [0, 0.1) is 23.4 Å². The molecule has 0 aromatic heterocycles. The average molecular weight is 440 g/mol. The summed E-state index contributed by atoms with van der Waals surface area (Å²) in [6.07, 6.45) is 2.10. The highest BCUT2D eigenvalue weighted by Crippen LogP contribution is 2.26. The van der Waals surface area contributed by atoms with Crippen molar-refractivity contribution in [2.45, 2.75) is 37.1 Å². The molecule has 1 unspecified atom stereocenters. The number of hydrogen-bond acceptors (Lipinski definition) is 3. The molecule has 0 bridgehead atoms. The van der Waals surface area contributed by atoms with Gasteiger partial charge in [0.2, 0.25) is 15.9 Å². The summed E-state index contributed by atoms with van der Waals surface area (Å²) in [6, 6.07) is 7.76. The van der Waals surface area contributed by atoms with Crippen LogP contribution in [0.15, 0.2) is 47.4 Å². The van der Waals surface area contributed by atoms with E-state index in [4.69, 9.17) is 0 Å². The van der Waals surface area contributed by atoms with E-state index in [1.807, 2.05) is 0 Å². The summed E-state index contributed by atoms with van der Waals surface area (Å²) >= 11 is 0.